The van der Waals surface area contributed by atoms with Gasteiger partial charge < -0.3 is 11.1 Å². The number of aromatic nitrogens is 2. The number of rotatable bonds is 5. The van der Waals surface area contributed by atoms with Crippen LogP contribution in [0.1, 0.15) is 23.6 Å². The normalized spacial score (nSPS) is 10.6. The van der Waals surface area contributed by atoms with Crippen LogP contribution in [-0.2, 0) is 5.75 Å². The Labute approximate surface area is 124 Å². The molecule has 0 aliphatic carbocycles. The number of nitrogens with one attached hydrogen (secondary N) is 1. The molecule has 0 saturated carbocycles. The van der Waals surface area contributed by atoms with Crippen molar-refractivity contribution in [3.63, 3.8) is 0 Å². The van der Waals surface area contributed by atoms with Crippen LogP contribution < -0.4 is 11.1 Å². The molecule has 0 bridgehead atoms. The molecule has 0 radical (unpaired) electrons. The van der Waals surface area contributed by atoms with Crippen LogP contribution >= 0.6 is 11.8 Å². The van der Waals surface area contributed by atoms with E-state index in [0.29, 0.717) is 5.95 Å². The van der Waals surface area contributed by atoms with Gasteiger partial charge in [-0.2, -0.15) is 4.98 Å². The summed E-state index contributed by atoms with van der Waals surface area (Å²) in [7, 11) is 0. The highest BCUT2D eigenvalue weighted by atomic mass is 32.2. The lowest BCUT2D eigenvalue weighted by molar-refractivity contribution is 1.04. The first-order valence-corrected chi connectivity index (χ1v) is 7.64. The van der Waals surface area contributed by atoms with E-state index in [1.807, 2.05) is 13.0 Å². The van der Waals surface area contributed by atoms with Gasteiger partial charge >= 0.3 is 0 Å². The molecule has 1 aromatic carbocycles. The van der Waals surface area contributed by atoms with Crippen molar-refractivity contribution in [2.75, 3.05) is 17.6 Å². The van der Waals surface area contributed by atoms with Crippen LogP contribution in [0.3, 0.4) is 0 Å². The smallest absolute Gasteiger partial charge is 0.223 e. The molecule has 0 aliphatic rings. The lowest BCUT2D eigenvalue weighted by Crippen LogP contribution is -2.03. The van der Waals surface area contributed by atoms with Crippen LogP contribution in [0.25, 0.3) is 0 Å². The van der Waals surface area contributed by atoms with Crippen molar-refractivity contribution in [1.82, 2.24) is 9.97 Å². The summed E-state index contributed by atoms with van der Waals surface area (Å²) in [5.41, 5.74) is 9.61. The molecular formula is C15H20N4S. The predicted octanol–water partition coefficient (Wildman–Crippen LogP) is 3.40. The maximum atomic E-state index is 5.73. The van der Waals surface area contributed by atoms with E-state index in [-0.39, 0.29) is 0 Å². The van der Waals surface area contributed by atoms with Gasteiger partial charge in [0.25, 0.3) is 0 Å². The molecule has 0 unspecified atom stereocenters. The Morgan fingerprint density at radius 1 is 1.10 bits per heavy atom. The Balaban J connectivity index is 2.10. The van der Waals surface area contributed by atoms with Gasteiger partial charge in [0, 0.05) is 18.4 Å². The molecule has 0 saturated heterocycles. The van der Waals surface area contributed by atoms with Crippen molar-refractivity contribution in [3.8, 4) is 0 Å². The summed E-state index contributed by atoms with van der Waals surface area (Å²) in [5, 5.41) is 4.06. The first kappa shape index (κ1) is 14.7. The lowest BCUT2D eigenvalue weighted by atomic mass is 10.1. The van der Waals surface area contributed by atoms with Crippen LogP contribution in [0.2, 0.25) is 0 Å². The predicted molar refractivity (Wildman–Crippen MR) is 86.1 cm³/mol. The number of benzene rings is 1. The molecular weight excluding hydrogens is 268 g/mol. The Hall–Kier alpha value is -1.75. The van der Waals surface area contributed by atoms with E-state index in [1.54, 1.807) is 11.8 Å². The molecule has 0 amide bonds. The molecule has 2 rings (SSSR count). The second kappa shape index (κ2) is 6.61. The van der Waals surface area contributed by atoms with Crippen LogP contribution in [0, 0.1) is 13.8 Å². The maximum absolute atomic E-state index is 5.73. The number of anilines is 2. The third-order valence-corrected chi connectivity index (χ3v) is 3.73. The van der Waals surface area contributed by atoms with Crippen molar-refractivity contribution in [1.29, 1.82) is 0 Å². The zero-order chi connectivity index (χ0) is 14.5. The first-order chi connectivity index (χ1) is 9.56. The maximum Gasteiger partial charge on any atom is 0.223 e. The number of aryl methyl sites for hydroxylation is 2. The second-order valence-corrected chi connectivity index (χ2v) is 5.76. The molecule has 106 valence electrons. The quantitative estimate of drug-likeness (QED) is 0.652. The molecule has 3 N–H and O–H groups in total. The molecule has 4 nitrogen and oxygen atoms in total. The van der Waals surface area contributed by atoms with Gasteiger partial charge in [-0.1, -0.05) is 29.3 Å². The van der Waals surface area contributed by atoms with Gasteiger partial charge in [0.2, 0.25) is 5.95 Å². The summed E-state index contributed by atoms with van der Waals surface area (Å²) >= 11 is 1.67. The molecule has 5 heteroatoms. The fraction of sp³-hybridized carbons (Fsp3) is 0.333. The highest BCUT2D eigenvalue weighted by Crippen LogP contribution is 2.24. The zero-order valence-corrected chi connectivity index (χ0v) is 12.9. The minimum absolute atomic E-state index is 0.311. The summed E-state index contributed by atoms with van der Waals surface area (Å²) in [4.78, 5) is 8.41. The standard InChI is InChI=1S/C15H20N4S/c1-4-17-13-8-14(19-15(16)18-13)20-9-12-6-10(2)5-11(3)7-12/h5-8H,4,9H2,1-3H3,(H3,16,17,18,19). The van der Waals surface area contributed by atoms with Crippen LogP contribution in [-0.4, -0.2) is 16.5 Å². The Kier molecular flexibility index (Phi) is 4.84. The Morgan fingerprint density at radius 3 is 2.45 bits per heavy atom. The SMILES string of the molecule is CCNc1cc(SCc2cc(C)cc(C)c2)nc(N)n1. The van der Waals surface area contributed by atoms with Gasteiger partial charge in [0.05, 0.1) is 0 Å². The molecule has 20 heavy (non-hydrogen) atoms. The summed E-state index contributed by atoms with van der Waals surface area (Å²) < 4.78 is 0. The van der Waals surface area contributed by atoms with E-state index >= 15 is 0 Å². The van der Waals surface area contributed by atoms with Crippen molar-refractivity contribution in [2.45, 2.75) is 31.6 Å². The van der Waals surface area contributed by atoms with Gasteiger partial charge in [-0.25, -0.2) is 4.98 Å². The Morgan fingerprint density at radius 2 is 1.80 bits per heavy atom. The van der Waals surface area contributed by atoms with Gasteiger partial charge in [-0.15, -0.1) is 11.8 Å². The third kappa shape index (κ3) is 4.13. The van der Waals surface area contributed by atoms with E-state index in [0.717, 1.165) is 23.1 Å². The fourth-order valence-corrected chi connectivity index (χ4v) is 2.93. The summed E-state index contributed by atoms with van der Waals surface area (Å²) in [6.45, 7) is 7.08. The number of nitrogens with zero attached hydrogens (tertiary/aromatic N) is 2. The monoisotopic (exact) mass is 288 g/mol. The average molecular weight is 288 g/mol. The molecule has 0 spiro atoms. The largest absolute Gasteiger partial charge is 0.370 e. The van der Waals surface area contributed by atoms with Gasteiger partial charge in [-0.3, -0.25) is 0 Å². The van der Waals surface area contributed by atoms with E-state index in [4.69, 9.17) is 5.73 Å². The minimum Gasteiger partial charge on any atom is -0.370 e. The number of thioether (sulfide) groups is 1. The van der Waals surface area contributed by atoms with Crippen LogP contribution in [0.5, 0.6) is 0 Å². The van der Waals surface area contributed by atoms with Crippen molar-refractivity contribution < 1.29 is 0 Å². The van der Waals surface area contributed by atoms with Crippen LogP contribution in [0.15, 0.2) is 29.3 Å². The topological polar surface area (TPSA) is 63.8 Å². The zero-order valence-electron chi connectivity index (χ0n) is 12.1. The van der Waals surface area contributed by atoms with Crippen molar-refractivity contribution in [2.24, 2.45) is 0 Å². The van der Waals surface area contributed by atoms with E-state index in [9.17, 15) is 0 Å². The van der Waals surface area contributed by atoms with Gasteiger partial charge in [-0.05, 0) is 26.3 Å². The number of hydrogen-bond donors (Lipinski definition) is 2. The summed E-state index contributed by atoms with van der Waals surface area (Å²) in [5.74, 6) is 1.97. The van der Waals surface area contributed by atoms with Crippen LogP contribution in [0.4, 0.5) is 11.8 Å². The number of hydrogen-bond acceptors (Lipinski definition) is 5. The van der Waals surface area contributed by atoms with E-state index < -0.39 is 0 Å². The molecule has 2 aromatic rings. The highest BCUT2D eigenvalue weighted by Gasteiger charge is 2.04. The summed E-state index contributed by atoms with van der Waals surface area (Å²) in [6.07, 6.45) is 0. The average Bonchev–Trinajstić information content (AvgIpc) is 2.35. The second-order valence-electron chi connectivity index (χ2n) is 4.76. The minimum atomic E-state index is 0.311. The molecule has 1 aromatic heterocycles. The summed E-state index contributed by atoms with van der Waals surface area (Å²) in [6, 6.07) is 8.53. The van der Waals surface area contributed by atoms with Gasteiger partial charge in [0.15, 0.2) is 0 Å². The molecule has 0 aliphatic heterocycles. The first-order valence-electron chi connectivity index (χ1n) is 6.65. The van der Waals surface area contributed by atoms with Gasteiger partial charge in [0.1, 0.15) is 10.8 Å². The number of nitrogens with two attached hydrogens (primary N) is 1. The van der Waals surface area contributed by atoms with Crippen molar-refractivity contribution in [3.05, 3.63) is 41.0 Å². The van der Waals surface area contributed by atoms with E-state index in [1.165, 1.54) is 16.7 Å². The number of nitrogen functional groups attached to an aromatic ring is 1. The van der Waals surface area contributed by atoms with E-state index in [2.05, 4.69) is 47.3 Å². The third-order valence-electron chi connectivity index (χ3n) is 2.75. The molecule has 1 heterocycles. The fourth-order valence-electron chi connectivity index (χ4n) is 2.10. The molecule has 0 fully saturated rings. The lowest BCUT2D eigenvalue weighted by Gasteiger charge is -2.07. The molecule has 0 atom stereocenters. The van der Waals surface area contributed by atoms with Crippen molar-refractivity contribution >= 4 is 23.5 Å². The highest BCUT2D eigenvalue weighted by molar-refractivity contribution is 7.98. The Bertz CT molecular complexity index is 578.